The van der Waals surface area contributed by atoms with E-state index in [4.69, 9.17) is 14.2 Å². The molecule has 0 amide bonds. The van der Waals surface area contributed by atoms with Crippen molar-refractivity contribution in [3.8, 4) is 0 Å². The molecule has 1 aliphatic rings. The molecule has 1 saturated heterocycles. The van der Waals surface area contributed by atoms with Gasteiger partial charge in [-0.05, 0) is 34.6 Å². The van der Waals surface area contributed by atoms with Gasteiger partial charge in [-0.3, -0.25) is 0 Å². The molecule has 5 nitrogen and oxygen atoms in total. The summed E-state index contributed by atoms with van der Waals surface area (Å²) in [5, 5.41) is 3.62. The third-order valence-corrected chi connectivity index (χ3v) is 3.01. The van der Waals surface area contributed by atoms with Crippen LogP contribution in [0.1, 0.15) is 47.5 Å². The van der Waals surface area contributed by atoms with Crippen LogP contribution in [0.25, 0.3) is 0 Å². The van der Waals surface area contributed by atoms with Crippen LogP contribution in [0.5, 0.6) is 0 Å². The number of ether oxygens (including phenoxy) is 3. The van der Waals surface area contributed by atoms with Gasteiger partial charge in [0.15, 0.2) is 0 Å². The Morgan fingerprint density at radius 2 is 1.79 bits per heavy atom. The van der Waals surface area contributed by atoms with Crippen LogP contribution in [0.2, 0.25) is 0 Å². The summed E-state index contributed by atoms with van der Waals surface area (Å²) in [6.45, 7) is 11.5. The monoisotopic (exact) mass is 272 g/mol. The molecule has 0 radical (unpaired) electrons. The topological polar surface area (TPSA) is 52.1 Å². The van der Waals surface area contributed by atoms with E-state index in [0.717, 1.165) is 12.8 Å². The predicted octanol–water partition coefficient (Wildman–Crippen LogP) is 2.31. The highest BCUT2D eigenvalue weighted by Gasteiger charge is 2.39. The minimum Gasteiger partial charge on any atom is -0.451 e. The van der Waals surface area contributed by atoms with Gasteiger partial charge >= 0.3 is 6.08 Å². The molecule has 0 aromatic heterocycles. The van der Waals surface area contributed by atoms with Crippen LogP contribution in [0, 0.1) is 0 Å². The first-order chi connectivity index (χ1) is 8.78. The minimum atomic E-state index is 0.0466. The van der Waals surface area contributed by atoms with Crippen LogP contribution in [-0.2, 0) is 14.2 Å². The number of nitrogens with one attached hydrogen (secondary N) is 1. The molecule has 0 aliphatic carbocycles. The normalized spacial score (nSPS) is 23.2. The Balaban J connectivity index is 2.67. The minimum absolute atomic E-state index is 0.0466. The Bertz CT molecular complexity index is 298. The molecule has 0 aromatic carbocycles. The SMILES string of the molecule is CCOC(=NCOC)OC1CC(C)(C)NC(C)(C)C1. The lowest BCUT2D eigenvalue weighted by molar-refractivity contribution is 0.0212. The molecule has 1 fully saturated rings. The average molecular weight is 272 g/mol. The van der Waals surface area contributed by atoms with Crippen molar-refractivity contribution in [1.82, 2.24) is 5.32 Å². The largest absolute Gasteiger partial charge is 0.451 e. The van der Waals surface area contributed by atoms with Gasteiger partial charge in [0.2, 0.25) is 0 Å². The van der Waals surface area contributed by atoms with Crippen LogP contribution >= 0.6 is 0 Å². The highest BCUT2D eigenvalue weighted by molar-refractivity contribution is 5.67. The summed E-state index contributed by atoms with van der Waals surface area (Å²) in [5.41, 5.74) is 0.0932. The van der Waals surface area contributed by atoms with Gasteiger partial charge in [0.25, 0.3) is 0 Å². The highest BCUT2D eigenvalue weighted by Crippen LogP contribution is 2.30. The van der Waals surface area contributed by atoms with Crippen LogP contribution < -0.4 is 5.32 Å². The summed E-state index contributed by atoms with van der Waals surface area (Å²) in [6.07, 6.45) is 2.29. The molecule has 0 atom stereocenters. The van der Waals surface area contributed by atoms with E-state index in [-0.39, 0.29) is 23.9 Å². The fraction of sp³-hybridized carbons (Fsp3) is 0.929. The number of hydrogen-bond acceptors (Lipinski definition) is 5. The molecule has 1 aliphatic heterocycles. The zero-order valence-corrected chi connectivity index (χ0v) is 13.1. The summed E-state index contributed by atoms with van der Waals surface area (Å²) < 4.78 is 16.3. The van der Waals surface area contributed by atoms with Crippen molar-refractivity contribution in [3.63, 3.8) is 0 Å². The van der Waals surface area contributed by atoms with Crippen molar-refractivity contribution in [3.05, 3.63) is 0 Å². The smallest absolute Gasteiger partial charge is 0.386 e. The third-order valence-electron chi connectivity index (χ3n) is 3.01. The average Bonchev–Trinajstić information content (AvgIpc) is 2.21. The molecule has 19 heavy (non-hydrogen) atoms. The van der Waals surface area contributed by atoms with E-state index >= 15 is 0 Å². The van der Waals surface area contributed by atoms with E-state index in [1.54, 1.807) is 7.11 Å². The molecule has 0 bridgehead atoms. The van der Waals surface area contributed by atoms with Gasteiger partial charge in [-0.2, -0.15) is 4.99 Å². The lowest BCUT2D eigenvalue weighted by atomic mass is 9.81. The second-order valence-corrected chi connectivity index (χ2v) is 6.32. The van der Waals surface area contributed by atoms with Gasteiger partial charge in [-0.1, -0.05) is 0 Å². The number of aliphatic imine (C=N–C) groups is 1. The van der Waals surface area contributed by atoms with Gasteiger partial charge in [0, 0.05) is 31.0 Å². The Morgan fingerprint density at radius 1 is 1.21 bits per heavy atom. The third kappa shape index (κ3) is 5.78. The molecule has 1 rings (SSSR count). The number of methoxy groups -OCH3 is 1. The van der Waals surface area contributed by atoms with E-state index in [1.807, 2.05) is 6.92 Å². The summed E-state index contributed by atoms with van der Waals surface area (Å²) in [6, 6.07) is 0. The molecule has 5 heteroatoms. The zero-order valence-electron chi connectivity index (χ0n) is 13.1. The van der Waals surface area contributed by atoms with Crippen LogP contribution in [-0.4, -0.2) is 43.7 Å². The fourth-order valence-corrected chi connectivity index (χ4v) is 2.81. The molecule has 112 valence electrons. The van der Waals surface area contributed by atoms with Crippen molar-refractivity contribution in [2.75, 3.05) is 20.4 Å². The molecule has 0 spiro atoms. The maximum Gasteiger partial charge on any atom is 0.386 e. The first-order valence-electron chi connectivity index (χ1n) is 6.90. The Labute approximate surface area is 116 Å². The van der Waals surface area contributed by atoms with Gasteiger partial charge in [-0.25, -0.2) is 0 Å². The van der Waals surface area contributed by atoms with E-state index in [9.17, 15) is 0 Å². The standard InChI is InChI=1S/C14H28N2O3/c1-7-18-12(15-10-17-6)19-11-8-13(2,3)16-14(4,5)9-11/h11,16H,7-10H2,1-6H3. The van der Waals surface area contributed by atoms with Gasteiger partial charge in [-0.15, -0.1) is 0 Å². The van der Waals surface area contributed by atoms with E-state index in [1.165, 1.54) is 0 Å². The van der Waals surface area contributed by atoms with Crippen molar-refractivity contribution < 1.29 is 14.2 Å². The maximum atomic E-state index is 5.91. The molecule has 0 saturated carbocycles. The maximum absolute atomic E-state index is 5.91. The lowest BCUT2D eigenvalue weighted by Gasteiger charge is -2.46. The van der Waals surface area contributed by atoms with E-state index < -0.39 is 0 Å². The number of nitrogens with zero attached hydrogens (tertiary/aromatic N) is 1. The predicted molar refractivity (Wildman–Crippen MR) is 76.3 cm³/mol. The lowest BCUT2D eigenvalue weighted by Crippen LogP contribution is -2.59. The molecule has 1 N–H and O–H groups in total. The van der Waals surface area contributed by atoms with E-state index in [0.29, 0.717) is 12.7 Å². The summed E-state index contributed by atoms with van der Waals surface area (Å²) in [4.78, 5) is 4.15. The first kappa shape index (κ1) is 16.2. The van der Waals surface area contributed by atoms with Crippen molar-refractivity contribution >= 4 is 6.08 Å². The summed E-state index contributed by atoms with van der Waals surface area (Å²) in [5.74, 6) is 0. The van der Waals surface area contributed by atoms with Crippen molar-refractivity contribution in [2.45, 2.75) is 64.6 Å². The van der Waals surface area contributed by atoms with Gasteiger partial charge in [0.05, 0.1) is 6.61 Å². The number of piperidine rings is 1. The number of rotatable bonds is 4. The highest BCUT2D eigenvalue weighted by atomic mass is 16.7. The molecule has 1 heterocycles. The quantitative estimate of drug-likeness (QED) is 0.630. The van der Waals surface area contributed by atoms with Gasteiger partial charge in [0.1, 0.15) is 12.8 Å². The second kappa shape index (κ2) is 6.57. The van der Waals surface area contributed by atoms with Crippen LogP contribution in [0.3, 0.4) is 0 Å². The summed E-state index contributed by atoms with van der Waals surface area (Å²) in [7, 11) is 1.60. The van der Waals surface area contributed by atoms with Crippen molar-refractivity contribution in [2.24, 2.45) is 4.99 Å². The zero-order chi connectivity index (χ0) is 14.5. The first-order valence-corrected chi connectivity index (χ1v) is 6.90. The fourth-order valence-electron chi connectivity index (χ4n) is 2.81. The molecule has 0 unspecified atom stereocenters. The van der Waals surface area contributed by atoms with Crippen LogP contribution in [0.15, 0.2) is 4.99 Å². The Kier molecular flexibility index (Phi) is 5.62. The Hall–Kier alpha value is -0.810. The van der Waals surface area contributed by atoms with Gasteiger partial charge < -0.3 is 19.5 Å². The molecular weight excluding hydrogens is 244 g/mol. The molecular formula is C14H28N2O3. The number of hydrogen-bond donors (Lipinski definition) is 1. The Morgan fingerprint density at radius 3 is 2.26 bits per heavy atom. The second-order valence-electron chi connectivity index (χ2n) is 6.32. The van der Waals surface area contributed by atoms with E-state index in [2.05, 4.69) is 38.0 Å². The summed E-state index contributed by atoms with van der Waals surface area (Å²) >= 11 is 0. The molecule has 0 aromatic rings. The van der Waals surface area contributed by atoms with Crippen molar-refractivity contribution in [1.29, 1.82) is 0 Å². The van der Waals surface area contributed by atoms with Crippen LogP contribution in [0.4, 0.5) is 0 Å².